The summed E-state index contributed by atoms with van der Waals surface area (Å²) in [5, 5.41) is 17.2. The van der Waals surface area contributed by atoms with Crippen LogP contribution in [-0.4, -0.2) is 16.0 Å². The zero-order chi connectivity index (χ0) is 15.4. The van der Waals surface area contributed by atoms with E-state index in [-0.39, 0.29) is 5.84 Å². The molecule has 0 aliphatic carbocycles. The Bertz CT molecular complexity index is 667. The molecule has 0 radical (unpaired) electrons. The van der Waals surface area contributed by atoms with Gasteiger partial charge in [0.25, 0.3) is 0 Å². The highest BCUT2D eigenvalue weighted by atomic mass is 32.2. The molecule has 0 aliphatic rings. The SMILES string of the molecule is CCc1nnc(Sc2cccc(C)c2)c(C(=N)N)c1CC. The number of hydrogen-bond donors (Lipinski definition) is 2. The van der Waals surface area contributed by atoms with Crippen LogP contribution in [0.5, 0.6) is 0 Å². The minimum Gasteiger partial charge on any atom is -0.384 e. The molecule has 0 bridgehead atoms. The van der Waals surface area contributed by atoms with Crippen molar-refractivity contribution in [2.75, 3.05) is 0 Å². The van der Waals surface area contributed by atoms with Crippen molar-refractivity contribution < 1.29 is 0 Å². The fourth-order valence-electron chi connectivity index (χ4n) is 2.29. The van der Waals surface area contributed by atoms with E-state index in [2.05, 4.69) is 36.2 Å². The Balaban J connectivity index is 2.50. The van der Waals surface area contributed by atoms with Crippen LogP contribution in [0.25, 0.3) is 0 Å². The van der Waals surface area contributed by atoms with Gasteiger partial charge in [-0.2, -0.15) is 5.10 Å². The molecule has 2 aromatic rings. The molecule has 0 saturated carbocycles. The van der Waals surface area contributed by atoms with Gasteiger partial charge in [-0.15, -0.1) is 5.10 Å². The molecule has 1 aromatic carbocycles. The van der Waals surface area contributed by atoms with E-state index >= 15 is 0 Å². The van der Waals surface area contributed by atoms with Crippen LogP contribution >= 0.6 is 11.8 Å². The largest absolute Gasteiger partial charge is 0.384 e. The van der Waals surface area contributed by atoms with Gasteiger partial charge in [0.05, 0.1) is 11.3 Å². The van der Waals surface area contributed by atoms with Gasteiger partial charge in [-0.1, -0.05) is 43.3 Å². The van der Waals surface area contributed by atoms with Crippen molar-refractivity contribution in [3.05, 3.63) is 46.6 Å². The second-order valence-electron chi connectivity index (χ2n) is 4.84. The van der Waals surface area contributed by atoms with E-state index in [0.717, 1.165) is 34.6 Å². The fraction of sp³-hybridized carbons (Fsp3) is 0.312. The number of aryl methyl sites for hydroxylation is 2. The van der Waals surface area contributed by atoms with Crippen LogP contribution in [-0.2, 0) is 12.8 Å². The lowest BCUT2D eigenvalue weighted by Gasteiger charge is -2.14. The Morgan fingerprint density at radius 1 is 1.24 bits per heavy atom. The first kappa shape index (κ1) is 15.5. The van der Waals surface area contributed by atoms with Crippen molar-refractivity contribution in [1.29, 1.82) is 5.41 Å². The van der Waals surface area contributed by atoms with Gasteiger partial charge in [0.15, 0.2) is 0 Å². The maximum atomic E-state index is 7.90. The molecule has 0 saturated heterocycles. The summed E-state index contributed by atoms with van der Waals surface area (Å²) >= 11 is 1.51. The van der Waals surface area contributed by atoms with E-state index in [4.69, 9.17) is 11.1 Å². The lowest BCUT2D eigenvalue weighted by molar-refractivity contribution is 0.819. The molecule has 0 aliphatic heterocycles. The predicted molar refractivity (Wildman–Crippen MR) is 87.1 cm³/mol. The number of nitrogens with zero attached hydrogens (tertiary/aromatic N) is 2. The van der Waals surface area contributed by atoms with E-state index < -0.39 is 0 Å². The smallest absolute Gasteiger partial charge is 0.135 e. The molecule has 0 unspecified atom stereocenters. The van der Waals surface area contributed by atoms with Crippen molar-refractivity contribution in [2.24, 2.45) is 5.73 Å². The zero-order valence-corrected chi connectivity index (χ0v) is 13.4. The summed E-state index contributed by atoms with van der Waals surface area (Å²) in [6, 6.07) is 8.19. The first-order valence-electron chi connectivity index (χ1n) is 7.04. The Morgan fingerprint density at radius 2 is 2.00 bits per heavy atom. The molecule has 0 atom stereocenters. The quantitative estimate of drug-likeness (QED) is 0.656. The summed E-state index contributed by atoms with van der Waals surface area (Å²) in [7, 11) is 0. The van der Waals surface area contributed by atoms with Gasteiger partial charge in [-0.05, 0) is 37.5 Å². The normalized spacial score (nSPS) is 10.6. The average Bonchev–Trinajstić information content (AvgIpc) is 2.46. The first-order valence-corrected chi connectivity index (χ1v) is 7.85. The zero-order valence-electron chi connectivity index (χ0n) is 12.6. The number of rotatable bonds is 5. The minimum absolute atomic E-state index is 0.0617. The summed E-state index contributed by atoms with van der Waals surface area (Å²) in [6.45, 7) is 6.16. The molecule has 1 aromatic heterocycles. The van der Waals surface area contributed by atoms with Crippen LogP contribution in [0.3, 0.4) is 0 Å². The lowest BCUT2D eigenvalue weighted by atomic mass is 10.0. The second kappa shape index (κ2) is 6.72. The molecule has 0 fully saturated rings. The standard InChI is InChI=1S/C16H20N4S/c1-4-12-13(5-2)19-20-16(14(12)15(17)18)21-11-8-6-7-10(3)9-11/h6-9H,4-5H2,1-3H3,(H3,17,18). The Kier molecular flexibility index (Phi) is 4.96. The highest BCUT2D eigenvalue weighted by Gasteiger charge is 2.17. The van der Waals surface area contributed by atoms with Crippen molar-refractivity contribution in [2.45, 2.75) is 43.5 Å². The van der Waals surface area contributed by atoms with E-state index in [1.807, 2.05) is 19.1 Å². The van der Waals surface area contributed by atoms with Crippen LogP contribution < -0.4 is 5.73 Å². The van der Waals surface area contributed by atoms with Crippen LogP contribution in [0.4, 0.5) is 0 Å². The molecule has 4 nitrogen and oxygen atoms in total. The van der Waals surface area contributed by atoms with Gasteiger partial charge >= 0.3 is 0 Å². The van der Waals surface area contributed by atoms with Crippen molar-refractivity contribution in [3.8, 4) is 0 Å². The predicted octanol–water partition coefficient (Wildman–Crippen LogP) is 3.35. The van der Waals surface area contributed by atoms with Gasteiger partial charge in [0.2, 0.25) is 0 Å². The number of amidine groups is 1. The molecular weight excluding hydrogens is 280 g/mol. The van der Waals surface area contributed by atoms with Crippen LogP contribution in [0.15, 0.2) is 34.2 Å². The molecule has 110 valence electrons. The first-order chi connectivity index (χ1) is 10.1. The van der Waals surface area contributed by atoms with E-state index in [1.165, 1.54) is 17.3 Å². The summed E-state index contributed by atoms with van der Waals surface area (Å²) in [4.78, 5) is 1.08. The highest BCUT2D eigenvalue weighted by molar-refractivity contribution is 7.99. The van der Waals surface area contributed by atoms with Gasteiger partial charge in [0.1, 0.15) is 10.9 Å². The highest BCUT2D eigenvalue weighted by Crippen LogP contribution is 2.31. The molecule has 0 amide bonds. The molecular formula is C16H20N4S. The fourth-order valence-corrected chi connectivity index (χ4v) is 3.33. The maximum absolute atomic E-state index is 7.90. The van der Waals surface area contributed by atoms with Crippen LogP contribution in [0.2, 0.25) is 0 Å². The molecule has 3 N–H and O–H groups in total. The maximum Gasteiger partial charge on any atom is 0.135 e. The van der Waals surface area contributed by atoms with Gasteiger partial charge < -0.3 is 5.73 Å². The Morgan fingerprint density at radius 3 is 2.57 bits per heavy atom. The summed E-state index contributed by atoms with van der Waals surface area (Å²) in [6.07, 6.45) is 1.60. The monoisotopic (exact) mass is 300 g/mol. The molecule has 5 heteroatoms. The number of nitrogens with two attached hydrogens (primary N) is 1. The number of aromatic nitrogens is 2. The van der Waals surface area contributed by atoms with E-state index in [1.54, 1.807) is 0 Å². The third-order valence-corrected chi connectivity index (χ3v) is 4.26. The molecule has 1 heterocycles. The van der Waals surface area contributed by atoms with Crippen molar-refractivity contribution >= 4 is 17.6 Å². The van der Waals surface area contributed by atoms with Gasteiger partial charge in [-0.25, -0.2) is 0 Å². The van der Waals surface area contributed by atoms with Crippen LogP contribution in [0.1, 0.15) is 36.2 Å². The lowest BCUT2D eigenvalue weighted by Crippen LogP contribution is -2.18. The van der Waals surface area contributed by atoms with Crippen LogP contribution in [0, 0.1) is 12.3 Å². The van der Waals surface area contributed by atoms with E-state index in [9.17, 15) is 0 Å². The molecule has 2 rings (SSSR count). The average molecular weight is 300 g/mol. The topological polar surface area (TPSA) is 75.7 Å². The Hall–Kier alpha value is -1.88. The number of hydrogen-bond acceptors (Lipinski definition) is 4. The second-order valence-corrected chi connectivity index (χ2v) is 5.91. The third kappa shape index (κ3) is 3.42. The molecule has 21 heavy (non-hydrogen) atoms. The Labute approximate surface area is 129 Å². The number of benzene rings is 1. The molecule has 0 spiro atoms. The summed E-state index contributed by atoms with van der Waals surface area (Å²) in [5.74, 6) is 0.0617. The summed E-state index contributed by atoms with van der Waals surface area (Å²) < 4.78 is 0. The number of nitrogen functional groups attached to an aromatic ring is 1. The van der Waals surface area contributed by atoms with E-state index in [0.29, 0.717) is 5.03 Å². The van der Waals surface area contributed by atoms with Gasteiger partial charge in [-0.3, -0.25) is 5.41 Å². The van der Waals surface area contributed by atoms with Crippen molar-refractivity contribution in [3.63, 3.8) is 0 Å². The minimum atomic E-state index is 0.0617. The van der Waals surface area contributed by atoms with Crippen molar-refractivity contribution in [1.82, 2.24) is 10.2 Å². The number of nitrogens with one attached hydrogen (secondary N) is 1. The third-order valence-electron chi connectivity index (χ3n) is 3.29. The summed E-state index contributed by atoms with van der Waals surface area (Å²) in [5.41, 5.74) is 9.69. The van der Waals surface area contributed by atoms with Gasteiger partial charge in [0, 0.05) is 4.90 Å².